The van der Waals surface area contributed by atoms with Crippen molar-refractivity contribution >= 4 is 21.7 Å². The SMILES string of the molecule is CC(=O)Cc1c(Br)nn2c1OCCC2. The van der Waals surface area contributed by atoms with Crippen LogP contribution in [-0.4, -0.2) is 22.2 Å². The molecule has 4 nitrogen and oxygen atoms in total. The summed E-state index contributed by atoms with van der Waals surface area (Å²) in [5, 5.41) is 4.26. The van der Waals surface area contributed by atoms with Crippen LogP contribution in [0.1, 0.15) is 18.9 Å². The Morgan fingerprint density at radius 1 is 1.71 bits per heavy atom. The first-order valence-corrected chi connectivity index (χ1v) is 5.35. The van der Waals surface area contributed by atoms with Gasteiger partial charge in [0.2, 0.25) is 5.88 Å². The number of aryl methyl sites for hydroxylation is 1. The molecule has 0 amide bonds. The van der Waals surface area contributed by atoms with Crippen molar-refractivity contribution in [1.82, 2.24) is 9.78 Å². The average molecular weight is 259 g/mol. The molecule has 1 aromatic heterocycles. The molecule has 0 N–H and O–H groups in total. The molecule has 0 aromatic carbocycles. The number of fused-ring (bicyclic) bond motifs is 1. The van der Waals surface area contributed by atoms with Gasteiger partial charge in [0, 0.05) is 19.4 Å². The summed E-state index contributed by atoms with van der Waals surface area (Å²) < 4.78 is 8.03. The highest BCUT2D eigenvalue weighted by Crippen LogP contribution is 2.29. The van der Waals surface area contributed by atoms with Gasteiger partial charge < -0.3 is 4.74 Å². The van der Waals surface area contributed by atoms with Gasteiger partial charge in [0.1, 0.15) is 10.4 Å². The number of hydrogen-bond acceptors (Lipinski definition) is 3. The minimum absolute atomic E-state index is 0.121. The number of halogens is 1. The van der Waals surface area contributed by atoms with E-state index in [0.717, 1.165) is 29.0 Å². The van der Waals surface area contributed by atoms with Crippen LogP contribution in [-0.2, 0) is 17.8 Å². The zero-order valence-electron chi connectivity index (χ0n) is 7.92. The van der Waals surface area contributed by atoms with Gasteiger partial charge in [-0.05, 0) is 22.9 Å². The fraction of sp³-hybridized carbons (Fsp3) is 0.556. The number of Topliss-reactive ketones (excluding diaryl/α,β-unsaturated/α-hetero) is 1. The number of ketones is 1. The molecule has 2 heterocycles. The number of hydrogen-bond donors (Lipinski definition) is 0. The summed E-state index contributed by atoms with van der Waals surface area (Å²) in [6.07, 6.45) is 1.36. The van der Waals surface area contributed by atoms with Crippen molar-refractivity contribution in [3.05, 3.63) is 10.2 Å². The lowest BCUT2D eigenvalue weighted by Gasteiger charge is -2.15. The van der Waals surface area contributed by atoms with Crippen LogP contribution in [0.15, 0.2) is 4.60 Å². The second kappa shape index (κ2) is 3.73. The Hall–Kier alpha value is -0.840. The van der Waals surface area contributed by atoms with E-state index >= 15 is 0 Å². The lowest BCUT2D eigenvalue weighted by atomic mass is 10.2. The first-order valence-electron chi connectivity index (χ1n) is 4.56. The minimum Gasteiger partial charge on any atom is -0.478 e. The van der Waals surface area contributed by atoms with E-state index in [-0.39, 0.29) is 5.78 Å². The Morgan fingerprint density at radius 2 is 2.50 bits per heavy atom. The van der Waals surface area contributed by atoms with E-state index in [1.807, 2.05) is 4.68 Å². The third-order valence-electron chi connectivity index (χ3n) is 2.13. The van der Waals surface area contributed by atoms with E-state index < -0.39 is 0 Å². The summed E-state index contributed by atoms with van der Waals surface area (Å²) in [6, 6.07) is 0. The average Bonchev–Trinajstić information content (AvgIpc) is 2.43. The van der Waals surface area contributed by atoms with Gasteiger partial charge in [-0.15, -0.1) is 0 Å². The lowest BCUT2D eigenvalue weighted by molar-refractivity contribution is -0.116. The summed E-state index contributed by atoms with van der Waals surface area (Å²) in [5.74, 6) is 0.869. The summed E-state index contributed by atoms with van der Waals surface area (Å²) in [7, 11) is 0. The zero-order chi connectivity index (χ0) is 10.1. The fourth-order valence-electron chi connectivity index (χ4n) is 1.55. The van der Waals surface area contributed by atoms with Gasteiger partial charge in [-0.3, -0.25) is 4.79 Å². The first-order chi connectivity index (χ1) is 6.68. The Morgan fingerprint density at radius 3 is 3.21 bits per heavy atom. The Bertz CT molecular complexity index is 373. The van der Waals surface area contributed by atoms with Gasteiger partial charge in [-0.25, -0.2) is 4.68 Å². The number of rotatable bonds is 2. The molecule has 2 rings (SSSR count). The maximum atomic E-state index is 11.0. The monoisotopic (exact) mass is 258 g/mol. The quantitative estimate of drug-likeness (QED) is 0.809. The summed E-state index contributed by atoms with van der Waals surface area (Å²) >= 11 is 3.34. The zero-order valence-corrected chi connectivity index (χ0v) is 9.50. The van der Waals surface area contributed by atoms with Gasteiger partial charge in [-0.1, -0.05) is 0 Å². The van der Waals surface area contributed by atoms with Crippen LogP contribution in [0.3, 0.4) is 0 Å². The van der Waals surface area contributed by atoms with E-state index in [1.54, 1.807) is 6.92 Å². The van der Waals surface area contributed by atoms with Crippen molar-refractivity contribution in [2.45, 2.75) is 26.3 Å². The summed E-state index contributed by atoms with van der Waals surface area (Å²) in [4.78, 5) is 11.0. The van der Waals surface area contributed by atoms with Crippen molar-refractivity contribution in [2.75, 3.05) is 6.61 Å². The first kappa shape index (κ1) is 9.71. The van der Waals surface area contributed by atoms with Gasteiger partial charge in [0.05, 0.1) is 12.2 Å². The van der Waals surface area contributed by atoms with Crippen LogP contribution < -0.4 is 4.74 Å². The Kier molecular flexibility index (Phi) is 2.58. The minimum atomic E-state index is 0.121. The molecule has 0 bridgehead atoms. The summed E-state index contributed by atoms with van der Waals surface area (Å²) in [6.45, 7) is 3.15. The van der Waals surface area contributed by atoms with E-state index in [4.69, 9.17) is 4.74 Å². The highest BCUT2D eigenvalue weighted by molar-refractivity contribution is 9.10. The molecule has 1 aromatic rings. The molecule has 5 heteroatoms. The van der Waals surface area contributed by atoms with E-state index in [0.29, 0.717) is 13.0 Å². The highest BCUT2D eigenvalue weighted by Gasteiger charge is 2.21. The third kappa shape index (κ3) is 1.68. The summed E-state index contributed by atoms with van der Waals surface area (Å²) in [5.41, 5.74) is 0.872. The van der Waals surface area contributed by atoms with Crippen molar-refractivity contribution in [1.29, 1.82) is 0 Å². The topological polar surface area (TPSA) is 44.1 Å². The standard InChI is InChI=1S/C9H11BrN2O2/c1-6(13)5-7-8(10)11-12-3-2-4-14-9(7)12/h2-5H2,1H3. The van der Waals surface area contributed by atoms with Gasteiger partial charge in [0.15, 0.2) is 0 Å². The molecule has 0 radical (unpaired) electrons. The van der Waals surface area contributed by atoms with Gasteiger partial charge in [-0.2, -0.15) is 5.10 Å². The maximum Gasteiger partial charge on any atom is 0.216 e. The third-order valence-corrected chi connectivity index (χ3v) is 2.77. The predicted molar refractivity (Wildman–Crippen MR) is 54.4 cm³/mol. The molecule has 0 atom stereocenters. The van der Waals surface area contributed by atoms with Crippen LogP contribution in [0.2, 0.25) is 0 Å². The molecule has 0 aliphatic carbocycles. The number of carbonyl (C=O) groups is 1. The number of nitrogens with zero attached hydrogens (tertiary/aromatic N) is 2. The number of aromatic nitrogens is 2. The molecule has 1 aliphatic heterocycles. The molecule has 0 spiro atoms. The van der Waals surface area contributed by atoms with E-state index in [2.05, 4.69) is 21.0 Å². The molecule has 0 fully saturated rings. The van der Waals surface area contributed by atoms with Crippen LogP contribution in [0, 0.1) is 0 Å². The van der Waals surface area contributed by atoms with Crippen LogP contribution >= 0.6 is 15.9 Å². The molecule has 0 saturated carbocycles. The van der Waals surface area contributed by atoms with Crippen molar-refractivity contribution in [2.24, 2.45) is 0 Å². The van der Waals surface area contributed by atoms with Crippen molar-refractivity contribution in [3.8, 4) is 5.88 Å². The normalized spacial score (nSPS) is 14.7. The Labute approximate surface area is 90.4 Å². The molecular weight excluding hydrogens is 248 g/mol. The second-order valence-electron chi connectivity index (χ2n) is 3.38. The molecule has 0 unspecified atom stereocenters. The van der Waals surface area contributed by atoms with Crippen molar-refractivity contribution in [3.63, 3.8) is 0 Å². The second-order valence-corrected chi connectivity index (χ2v) is 4.13. The molecule has 1 aliphatic rings. The number of carbonyl (C=O) groups excluding carboxylic acids is 1. The molecule has 76 valence electrons. The molecule has 14 heavy (non-hydrogen) atoms. The lowest BCUT2D eigenvalue weighted by Crippen LogP contribution is -2.15. The molecular formula is C9H11BrN2O2. The van der Waals surface area contributed by atoms with Crippen molar-refractivity contribution < 1.29 is 9.53 Å². The largest absolute Gasteiger partial charge is 0.478 e. The fourth-order valence-corrected chi connectivity index (χ4v) is 2.05. The van der Waals surface area contributed by atoms with E-state index in [9.17, 15) is 4.79 Å². The maximum absolute atomic E-state index is 11.0. The highest BCUT2D eigenvalue weighted by atomic mass is 79.9. The smallest absolute Gasteiger partial charge is 0.216 e. The Balaban J connectivity index is 2.37. The van der Waals surface area contributed by atoms with Crippen LogP contribution in [0.5, 0.6) is 5.88 Å². The predicted octanol–water partition coefficient (Wildman–Crippen LogP) is 1.56. The van der Waals surface area contributed by atoms with Crippen LogP contribution in [0.4, 0.5) is 0 Å². The van der Waals surface area contributed by atoms with E-state index in [1.165, 1.54) is 0 Å². The van der Waals surface area contributed by atoms with Gasteiger partial charge >= 0.3 is 0 Å². The molecule has 0 saturated heterocycles. The number of ether oxygens (including phenoxy) is 1. The van der Waals surface area contributed by atoms with Gasteiger partial charge in [0.25, 0.3) is 0 Å². The van der Waals surface area contributed by atoms with Crippen LogP contribution in [0.25, 0.3) is 0 Å².